The molecule has 1 aliphatic heterocycles. The van der Waals surface area contributed by atoms with Gasteiger partial charge in [0, 0.05) is 49.3 Å². The lowest BCUT2D eigenvalue weighted by molar-refractivity contribution is -0.136. The average Bonchev–Trinajstić information content (AvgIpc) is 3.22. The molecule has 7 nitrogen and oxygen atoms in total. The Kier molecular flexibility index (Phi) is 8.27. The van der Waals surface area contributed by atoms with Crippen molar-refractivity contribution < 1.29 is 19.2 Å². The third-order valence-electron chi connectivity index (χ3n) is 5.55. The number of likely N-dealkylation sites (tertiary alicyclic amines) is 1. The van der Waals surface area contributed by atoms with Crippen LogP contribution in [0.1, 0.15) is 58.8 Å². The summed E-state index contributed by atoms with van der Waals surface area (Å²) in [6.07, 6.45) is 2.01. The van der Waals surface area contributed by atoms with Crippen LogP contribution in [-0.2, 0) is 14.4 Å². The Bertz CT molecular complexity index is 1000. The van der Waals surface area contributed by atoms with Gasteiger partial charge in [-0.05, 0) is 51.0 Å². The van der Waals surface area contributed by atoms with Crippen LogP contribution in [0.2, 0.25) is 0 Å². The number of pyridine rings is 1. The number of ketones is 2. The fraction of sp³-hybridized carbons (Fsp3) is 0.458. The van der Waals surface area contributed by atoms with Crippen molar-refractivity contribution in [3.05, 3.63) is 45.8 Å². The van der Waals surface area contributed by atoms with Gasteiger partial charge in [0.1, 0.15) is 11.6 Å². The summed E-state index contributed by atoms with van der Waals surface area (Å²) in [5.74, 6) is -0.162. The van der Waals surface area contributed by atoms with Crippen molar-refractivity contribution in [2.45, 2.75) is 52.4 Å². The zero-order chi connectivity index (χ0) is 23.1. The number of carbonyl (C=O) groups excluding carboxylic acids is 4. The van der Waals surface area contributed by atoms with E-state index < -0.39 is 0 Å². The highest BCUT2D eigenvalue weighted by Gasteiger charge is 2.28. The van der Waals surface area contributed by atoms with Crippen molar-refractivity contribution >= 4 is 40.5 Å². The lowest BCUT2D eigenvalue weighted by atomic mass is 9.96. The lowest BCUT2D eigenvalue weighted by Crippen LogP contribution is -2.43. The van der Waals surface area contributed by atoms with E-state index in [0.717, 1.165) is 17.0 Å². The third kappa shape index (κ3) is 6.82. The minimum Gasteiger partial charge on any atom is -0.342 e. The molecule has 0 radical (unpaired) electrons. The third-order valence-corrected chi connectivity index (χ3v) is 6.59. The van der Waals surface area contributed by atoms with Gasteiger partial charge < -0.3 is 10.2 Å². The van der Waals surface area contributed by atoms with Crippen molar-refractivity contribution in [3.8, 4) is 0 Å². The van der Waals surface area contributed by atoms with Gasteiger partial charge in [0.15, 0.2) is 5.78 Å². The van der Waals surface area contributed by atoms with Crippen LogP contribution in [-0.4, -0.2) is 46.4 Å². The summed E-state index contributed by atoms with van der Waals surface area (Å²) in [4.78, 5) is 57.2. The maximum absolute atomic E-state index is 12.6. The molecule has 0 spiro atoms. The van der Waals surface area contributed by atoms with Gasteiger partial charge in [-0.1, -0.05) is 6.07 Å². The first-order valence-electron chi connectivity index (χ1n) is 11.0. The molecule has 1 atom stereocenters. The van der Waals surface area contributed by atoms with Crippen molar-refractivity contribution in [1.29, 1.82) is 0 Å². The second kappa shape index (κ2) is 11.1. The quantitative estimate of drug-likeness (QED) is 0.578. The summed E-state index contributed by atoms with van der Waals surface area (Å²) in [6.45, 7) is 4.74. The molecule has 1 unspecified atom stereocenters. The number of Topliss-reactive ketones (excluding diaryl/α,β-unsaturated/α-hetero) is 2. The van der Waals surface area contributed by atoms with Crippen LogP contribution in [0, 0.1) is 19.8 Å². The van der Waals surface area contributed by atoms with Gasteiger partial charge in [-0.2, -0.15) is 0 Å². The number of nitrogens with zero attached hydrogens (tertiary/aromatic N) is 2. The highest BCUT2D eigenvalue weighted by molar-refractivity contribution is 7.14. The minimum absolute atomic E-state index is 0.0317. The Hall–Kier alpha value is -2.87. The Labute approximate surface area is 192 Å². The van der Waals surface area contributed by atoms with Gasteiger partial charge in [-0.15, -0.1) is 11.3 Å². The molecule has 3 rings (SSSR count). The van der Waals surface area contributed by atoms with Gasteiger partial charge in [0.2, 0.25) is 11.8 Å². The molecule has 0 aromatic carbocycles. The number of hydrogen-bond acceptors (Lipinski definition) is 6. The van der Waals surface area contributed by atoms with Gasteiger partial charge in [0.25, 0.3) is 0 Å². The molecule has 1 aliphatic rings. The molecule has 2 aromatic rings. The highest BCUT2D eigenvalue weighted by Crippen LogP contribution is 2.20. The van der Waals surface area contributed by atoms with E-state index in [2.05, 4.69) is 10.3 Å². The Balaban J connectivity index is 1.42. The van der Waals surface area contributed by atoms with Gasteiger partial charge >= 0.3 is 0 Å². The van der Waals surface area contributed by atoms with E-state index in [9.17, 15) is 19.2 Å². The van der Waals surface area contributed by atoms with E-state index >= 15 is 0 Å². The predicted molar refractivity (Wildman–Crippen MR) is 124 cm³/mol. The summed E-state index contributed by atoms with van der Waals surface area (Å²) in [5, 5.41) is 2.83. The standard InChI is InChI=1S/C24H29N3O4S/c1-16-5-3-7-22(25-16)26-24(31)18-6-4-14-27(15-18)23(30)13-10-19(28)9-11-20(29)21-12-8-17(2)32-21/h3,5,7-8,12,18H,4,6,9-11,13-15H2,1-2H3,(H,25,26,31). The van der Waals surface area contributed by atoms with Crippen LogP contribution < -0.4 is 5.32 Å². The molecular formula is C24H29N3O4S. The first-order chi connectivity index (χ1) is 15.3. The Morgan fingerprint density at radius 3 is 2.56 bits per heavy atom. The zero-order valence-corrected chi connectivity index (χ0v) is 19.4. The summed E-state index contributed by atoms with van der Waals surface area (Å²) in [7, 11) is 0. The number of nitrogens with one attached hydrogen (secondary N) is 1. The summed E-state index contributed by atoms with van der Waals surface area (Å²) >= 11 is 1.43. The predicted octanol–water partition coefficient (Wildman–Crippen LogP) is 3.95. The van der Waals surface area contributed by atoms with Crippen molar-refractivity contribution in [2.75, 3.05) is 18.4 Å². The van der Waals surface area contributed by atoms with Gasteiger partial charge in [0.05, 0.1) is 10.8 Å². The molecule has 3 heterocycles. The number of thiophene rings is 1. The zero-order valence-electron chi connectivity index (χ0n) is 18.6. The average molecular weight is 456 g/mol. The molecule has 1 saturated heterocycles. The molecule has 1 fully saturated rings. The smallest absolute Gasteiger partial charge is 0.230 e. The molecule has 2 aromatic heterocycles. The number of anilines is 1. The van der Waals surface area contributed by atoms with Crippen molar-refractivity contribution in [2.24, 2.45) is 5.92 Å². The second-order valence-electron chi connectivity index (χ2n) is 8.20. The Morgan fingerprint density at radius 1 is 1.06 bits per heavy atom. The second-order valence-corrected chi connectivity index (χ2v) is 9.49. The number of hydrogen-bond donors (Lipinski definition) is 1. The molecule has 2 amide bonds. The number of rotatable bonds is 9. The first-order valence-corrected chi connectivity index (χ1v) is 11.8. The Morgan fingerprint density at radius 2 is 1.84 bits per heavy atom. The molecule has 0 aliphatic carbocycles. The fourth-order valence-corrected chi connectivity index (χ4v) is 4.58. The number of aryl methyl sites for hydroxylation is 2. The monoisotopic (exact) mass is 455 g/mol. The summed E-state index contributed by atoms with van der Waals surface area (Å²) in [6, 6.07) is 9.11. The molecule has 1 N–H and O–H groups in total. The van der Waals surface area contributed by atoms with E-state index in [1.165, 1.54) is 11.3 Å². The van der Waals surface area contributed by atoms with Crippen molar-refractivity contribution in [3.63, 3.8) is 0 Å². The molecule has 8 heteroatoms. The van der Waals surface area contributed by atoms with Crippen LogP contribution >= 0.6 is 11.3 Å². The minimum atomic E-state index is -0.294. The van der Waals surface area contributed by atoms with Crippen LogP contribution in [0.5, 0.6) is 0 Å². The molecule has 32 heavy (non-hydrogen) atoms. The van der Waals surface area contributed by atoms with Gasteiger partial charge in [-0.3, -0.25) is 19.2 Å². The van der Waals surface area contributed by atoms with E-state index in [4.69, 9.17) is 0 Å². The van der Waals surface area contributed by atoms with Crippen LogP contribution in [0.3, 0.4) is 0 Å². The summed E-state index contributed by atoms with van der Waals surface area (Å²) < 4.78 is 0. The largest absolute Gasteiger partial charge is 0.342 e. The normalized spacial score (nSPS) is 15.9. The topological polar surface area (TPSA) is 96.4 Å². The number of piperidine rings is 1. The lowest BCUT2D eigenvalue weighted by Gasteiger charge is -2.32. The number of amides is 2. The van der Waals surface area contributed by atoms with E-state index in [1.54, 1.807) is 17.0 Å². The highest BCUT2D eigenvalue weighted by atomic mass is 32.1. The first kappa shape index (κ1) is 23.8. The van der Waals surface area contributed by atoms with E-state index in [0.29, 0.717) is 30.2 Å². The molecule has 0 saturated carbocycles. The maximum atomic E-state index is 12.6. The number of carbonyl (C=O) groups is 4. The molecule has 170 valence electrons. The van der Waals surface area contributed by atoms with Crippen LogP contribution in [0.25, 0.3) is 0 Å². The molecular weight excluding hydrogens is 426 g/mol. The van der Waals surface area contributed by atoms with Crippen LogP contribution in [0.15, 0.2) is 30.3 Å². The van der Waals surface area contributed by atoms with E-state index in [1.807, 2.05) is 32.0 Å². The van der Waals surface area contributed by atoms with Crippen molar-refractivity contribution in [1.82, 2.24) is 9.88 Å². The SMILES string of the molecule is Cc1cccc(NC(=O)C2CCCN(C(=O)CCC(=O)CCC(=O)c3ccc(C)s3)C2)n1. The number of aromatic nitrogens is 1. The molecule has 0 bridgehead atoms. The van der Waals surface area contributed by atoms with E-state index in [-0.39, 0.29) is 55.0 Å². The van der Waals surface area contributed by atoms with Crippen LogP contribution in [0.4, 0.5) is 5.82 Å². The van der Waals surface area contributed by atoms with Gasteiger partial charge in [-0.25, -0.2) is 4.98 Å². The summed E-state index contributed by atoms with van der Waals surface area (Å²) in [5.41, 5.74) is 0.820. The maximum Gasteiger partial charge on any atom is 0.230 e. The fourth-order valence-electron chi connectivity index (χ4n) is 3.75.